The van der Waals surface area contributed by atoms with E-state index in [4.69, 9.17) is 4.74 Å². The zero-order valence-corrected chi connectivity index (χ0v) is 12.8. The van der Waals surface area contributed by atoms with Crippen molar-refractivity contribution in [1.29, 1.82) is 0 Å². The monoisotopic (exact) mass is 333 g/mol. The van der Waals surface area contributed by atoms with E-state index in [9.17, 15) is 0 Å². The second kappa shape index (κ2) is 5.31. The number of ether oxygens (including phenoxy) is 1. The summed E-state index contributed by atoms with van der Waals surface area (Å²) in [6.45, 7) is 2.58. The average molecular weight is 334 g/mol. The lowest BCUT2D eigenvalue weighted by Gasteiger charge is -2.06. The average Bonchev–Trinajstić information content (AvgIpc) is 2.82. The predicted octanol–water partition coefficient (Wildman–Crippen LogP) is 4.95. The van der Waals surface area contributed by atoms with Crippen molar-refractivity contribution in [3.8, 4) is 5.75 Å². The topological polar surface area (TPSA) is 22.1 Å². The van der Waals surface area contributed by atoms with Crippen LogP contribution in [0.1, 0.15) is 9.88 Å². The molecular weight excluding hydrogens is 322 g/mol. The Morgan fingerprint density at radius 2 is 1.95 bits per heavy atom. The molecule has 0 radical (unpaired) electrons. The Morgan fingerprint density at radius 1 is 1.16 bits per heavy atom. The van der Waals surface area contributed by atoms with Crippen molar-refractivity contribution < 1.29 is 4.74 Å². The van der Waals surface area contributed by atoms with Crippen LogP contribution in [0.15, 0.2) is 47.1 Å². The summed E-state index contributed by atoms with van der Waals surface area (Å²) in [6, 6.07) is 12.4. The van der Waals surface area contributed by atoms with Gasteiger partial charge in [-0.2, -0.15) is 0 Å². The number of hydrogen-bond acceptors (Lipinski definition) is 3. The van der Waals surface area contributed by atoms with Crippen LogP contribution in [0.3, 0.4) is 0 Å². The van der Waals surface area contributed by atoms with E-state index in [0.29, 0.717) is 6.61 Å². The van der Waals surface area contributed by atoms with Gasteiger partial charge >= 0.3 is 0 Å². The van der Waals surface area contributed by atoms with E-state index in [1.54, 1.807) is 11.3 Å². The molecule has 2 nitrogen and oxygen atoms in total. The minimum atomic E-state index is 0.577. The van der Waals surface area contributed by atoms with Crippen LogP contribution in [0.5, 0.6) is 5.75 Å². The summed E-state index contributed by atoms with van der Waals surface area (Å²) in [7, 11) is 0. The number of hydrogen-bond donors (Lipinski definition) is 0. The molecule has 0 bridgehead atoms. The number of aromatic nitrogens is 1. The van der Waals surface area contributed by atoms with E-state index in [2.05, 4.69) is 45.2 Å². The van der Waals surface area contributed by atoms with Gasteiger partial charge in [-0.05, 0) is 42.0 Å². The lowest BCUT2D eigenvalue weighted by atomic mass is 10.1. The molecule has 0 aliphatic heterocycles. The smallest absolute Gasteiger partial charge is 0.124 e. The fourth-order valence-electron chi connectivity index (χ4n) is 1.91. The zero-order chi connectivity index (χ0) is 13.2. The van der Waals surface area contributed by atoms with Crippen molar-refractivity contribution in [2.75, 3.05) is 0 Å². The second-order valence-electron chi connectivity index (χ2n) is 4.29. The van der Waals surface area contributed by atoms with E-state index in [1.807, 2.05) is 25.3 Å². The molecule has 3 rings (SSSR count). The maximum atomic E-state index is 5.80. The van der Waals surface area contributed by atoms with Crippen LogP contribution in [0.4, 0.5) is 0 Å². The van der Waals surface area contributed by atoms with Crippen molar-refractivity contribution in [3.63, 3.8) is 0 Å². The first-order valence-electron chi connectivity index (χ1n) is 5.94. The number of aryl methyl sites for hydroxylation is 1. The summed E-state index contributed by atoms with van der Waals surface area (Å²) in [4.78, 5) is 5.37. The quantitative estimate of drug-likeness (QED) is 0.676. The zero-order valence-electron chi connectivity index (χ0n) is 10.4. The molecule has 0 aliphatic carbocycles. The van der Waals surface area contributed by atoms with Gasteiger partial charge in [0.25, 0.3) is 0 Å². The molecule has 19 heavy (non-hydrogen) atoms. The van der Waals surface area contributed by atoms with Gasteiger partial charge in [0.05, 0.1) is 9.88 Å². The largest absolute Gasteiger partial charge is 0.488 e. The summed E-state index contributed by atoms with van der Waals surface area (Å²) in [5, 5.41) is 3.46. The fraction of sp³-hybridized carbons (Fsp3) is 0.133. The standard InChI is InChI=1S/C15H12BrNOS/c1-10-17-8-15(19-10)9-18-14-5-3-11-6-13(16)4-2-12(11)7-14/h2-8H,9H2,1H3. The minimum absolute atomic E-state index is 0.577. The number of nitrogens with zero attached hydrogens (tertiary/aromatic N) is 1. The molecule has 4 heteroatoms. The molecule has 0 N–H and O–H groups in total. The van der Waals surface area contributed by atoms with Crippen LogP contribution in [-0.2, 0) is 6.61 Å². The number of benzene rings is 2. The second-order valence-corrected chi connectivity index (χ2v) is 6.52. The van der Waals surface area contributed by atoms with Crippen molar-refractivity contribution in [3.05, 3.63) is 57.0 Å². The predicted molar refractivity (Wildman–Crippen MR) is 82.8 cm³/mol. The summed E-state index contributed by atoms with van der Waals surface area (Å²) >= 11 is 5.15. The van der Waals surface area contributed by atoms with E-state index >= 15 is 0 Å². The first-order chi connectivity index (χ1) is 9.20. The maximum Gasteiger partial charge on any atom is 0.124 e. The van der Waals surface area contributed by atoms with Gasteiger partial charge in [0, 0.05) is 10.7 Å². The lowest BCUT2D eigenvalue weighted by molar-refractivity contribution is 0.310. The SMILES string of the molecule is Cc1ncc(COc2ccc3cc(Br)ccc3c2)s1. The summed E-state index contributed by atoms with van der Waals surface area (Å²) < 4.78 is 6.89. The molecule has 0 atom stereocenters. The number of fused-ring (bicyclic) bond motifs is 1. The molecule has 0 aliphatic rings. The Morgan fingerprint density at radius 3 is 2.74 bits per heavy atom. The maximum absolute atomic E-state index is 5.80. The van der Waals surface area contributed by atoms with Gasteiger partial charge in [0.2, 0.25) is 0 Å². The van der Waals surface area contributed by atoms with Crippen LogP contribution in [-0.4, -0.2) is 4.98 Å². The van der Waals surface area contributed by atoms with Gasteiger partial charge in [-0.3, -0.25) is 0 Å². The lowest BCUT2D eigenvalue weighted by Crippen LogP contribution is -1.92. The Hall–Kier alpha value is -1.39. The van der Waals surface area contributed by atoms with Gasteiger partial charge in [-0.15, -0.1) is 11.3 Å². The van der Waals surface area contributed by atoms with E-state index in [-0.39, 0.29) is 0 Å². The molecule has 0 fully saturated rings. The normalized spacial score (nSPS) is 10.8. The fourth-order valence-corrected chi connectivity index (χ4v) is 3.00. The summed E-state index contributed by atoms with van der Waals surface area (Å²) in [6.07, 6.45) is 1.87. The van der Waals surface area contributed by atoms with Crippen molar-refractivity contribution in [2.45, 2.75) is 13.5 Å². The molecule has 96 valence electrons. The first kappa shape index (κ1) is 12.6. The molecule has 0 spiro atoms. The Bertz CT molecular complexity index is 723. The molecule has 1 heterocycles. The third-order valence-corrected chi connectivity index (χ3v) is 4.20. The van der Waals surface area contributed by atoms with Crippen LogP contribution in [0.2, 0.25) is 0 Å². The molecule has 0 unspecified atom stereocenters. The molecular formula is C15H12BrNOS. The molecule has 2 aromatic carbocycles. The Kier molecular flexibility index (Phi) is 3.53. The molecule has 1 aromatic heterocycles. The highest BCUT2D eigenvalue weighted by atomic mass is 79.9. The number of rotatable bonds is 3. The first-order valence-corrected chi connectivity index (χ1v) is 7.55. The van der Waals surface area contributed by atoms with Crippen molar-refractivity contribution >= 4 is 38.0 Å². The van der Waals surface area contributed by atoms with Gasteiger partial charge in [0.1, 0.15) is 12.4 Å². The number of halogens is 1. The summed E-state index contributed by atoms with van der Waals surface area (Å²) in [5.41, 5.74) is 0. The minimum Gasteiger partial charge on any atom is -0.488 e. The Labute approximate surface area is 124 Å². The third-order valence-electron chi connectivity index (χ3n) is 2.82. The van der Waals surface area contributed by atoms with Gasteiger partial charge in [-0.25, -0.2) is 4.98 Å². The number of thiazole rings is 1. The van der Waals surface area contributed by atoms with Gasteiger partial charge in [0.15, 0.2) is 0 Å². The van der Waals surface area contributed by atoms with E-state index in [1.165, 1.54) is 10.8 Å². The van der Waals surface area contributed by atoms with Crippen molar-refractivity contribution in [2.24, 2.45) is 0 Å². The highest BCUT2D eigenvalue weighted by Gasteiger charge is 2.01. The molecule has 3 aromatic rings. The van der Waals surface area contributed by atoms with Gasteiger partial charge in [-0.1, -0.05) is 28.1 Å². The third kappa shape index (κ3) is 2.96. The molecule has 0 saturated carbocycles. The van der Waals surface area contributed by atoms with Crippen LogP contribution >= 0.6 is 27.3 Å². The molecule has 0 saturated heterocycles. The van der Waals surface area contributed by atoms with Crippen LogP contribution in [0.25, 0.3) is 10.8 Å². The highest BCUT2D eigenvalue weighted by molar-refractivity contribution is 9.10. The van der Waals surface area contributed by atoms with Crippen molar-refractivity contribution in [1.82, 2.24) is 4.98 Å². The van der Waals surface area contributed by atoms with Gasteiger partial charge < -0.3 is 4.74 Å². The van der Waals surface area contributed by atoms with Crippen LogP contribution in [0, 0.1) is 6.92 Å². The molecule has 0 amide bonds. The Balaban J connectivity index is 1.79. The highest BCUT2D eigenvalue weighted by Crippen LogP contribution is 2.25. The van der Waals surface area contributed by atoms with E-state index < -0.39 is 0 Å². The van der Waals surface area contributed by atoms with E-state index in [0.717, 1.165) is 20.1 Å². The van der Waals surface area contributed by atoms with Crippen LogP contribution < -0.4 is 4.74 Å². The summed E-state index contributed by atoms with van der Waals surface area (Å²) in [5.74, 6) is 0.890.